The van der Waals surface area contributed by atoms with Crippen LogP contribution in [0.25, 0.3) is 0 Å². The van der Waals surface area contributed by atoms with Crippen molar-refractivity contribution in [3.8, 4) is 0 Å². The number of furan rings is 1. The van der Waals surface area contributed by atoms with Gasteiger partial charge in [0.2, 0.25) is 0 Å². The first kappa shape index (κ1) is 11.9. The summed E-state index contributed by atoms with van der Waals surface area (Å²) in [7, 11) is 0. The van der Waals surface area contributed by atoms with Crippen LogP contribution in [-0.2, 0) is 13.0 Å². The summed E-state index contributed by atoms with van der Waals surface area (Å²) in [6, 6.07) is 3.71. The first-order valence-electron chi connectivity index (χ1n) is 6.04. The number of aliphatic hydroxyl groups excluding tert-OH is 1. The van der Waals surface area contributed by atoms with E-state index < -0.39 is 6.10 Å². The van der Waals surface area contributed by atoms with Crippen molar-refractivity contribution in [2.75, 3.05) is 0 Å². The number of aromatic nitrogens is 2. The molecule has 17 heavy (non-hydrogen) atoms. The zero-order valence-electron chi connectivity index (χ0n) is 10.3. The first-order chi connectivity index (χ1) is 8.26. The average molecular weight is 234 g/mol. The Kier molecular flexibility index (Phi) is 3.64. The normalized spacial score (nSPS) is 12.9. The average Bonchev–Trinajstić information content (AvgIpc) is 2.97. The van der Waals surface area contributed by atoms with E-state index in [1.807, 2.05) is 29.8 Å². The van der Waals surface area contributed by atoms with Gasteiger partial charge in [0.25, 0.3) is 0 Å². The van der Waals surface area contributed by atoms with Gasteiger partial charge in [-0.3, -0.25) is 0 Å². The lowest BCUT2D eigenvalue weighted by molar-refractivity contribution is 0.173. The highest BCUT2D eigenvalue weighted by molar-refractivity contribution is 5.16. The Balaban J connectivity index is 2.23. The highest BCUT2D eigenvalue weighted by Crippen LogP contribution is 2.23. The van der Waals surface area contributed by atoms with Crippen molar-refractivity contribution in [2.45, 2.75) is 39.3 Å². The summed E-state index contributed by atoms with van der Waals surface area (Å²) in [5.74, 6) is 2.09. The number of rotatable bonds is 5. The van der Waals surface area contributed by atoms with Crippen molar-refractivity contribution in [1.82, 2.24) is 9.55 Å². The number of aliphatic hydroxyl groups is 1. The van der Waals surface area contributed by atoms with E-state index in [4.69, 9.17) is 4.42 Å². The predicted molar refractivity (Wildman–Crippen MR) is 64.7 cm³/mol. The fourth-order valence-electron chi connectivity index (χ4n) is 1.86. The van der Waals surface area contributed by atoms with Gasteiger partial charge >= 0.3 is 0 Å². The van der Waals surface area contributed by atoms with Crippen LogP contribution in [0.3, 0.4) is 0 Å². The molecule has 0 amide bonds. The Hall–Kier alpha value is -1.55. The van der Waals surface area contributed by atoms with E-state index in [-0.39, 0.29) is 0 Å². The van der Waals surface area contributed by atoms with Gasteiger partial charge in [-0.05, 0) is 18.6 Å². The lowest BCUT2D eigenvalue weighted by Gasteiger charge is -2.10. The van der Waals surface area contributed by atoms with E-state index in [0.29, 0.717) is 11.6 Å². The third kappa shape index (κ3) is 2.42. The van der Waals surface area contributed by atoms with E-state index in [0.717, 1.165) is 25.1 Å². The largest absolute Gasteiger partial charge is 0.463 e. The second-order valence-corrected chi connectivity index (χ2v) is 4.04. The van der Waals surface area contributed by atoms with Crippen molar-refractivity contribution < 1.29 is 9.52 Å². The van der Waals surface area contributed by atoms with Crippen LogP contribution >= 0.6 is 0 Å². The third-order valence-electron chi connectivity index (χ3n) is 2.76. The highest BCUT2D eigenvalue weighted by Gasteiger charge is 2.19. The molecule has 0 saturated carbocycles. The molecule has 1 atom stereocenters. The summed E-state index contributed by atoms with van der Waals surface area (Å²) in [5, 5.41) is 10.2. The number of hydrogen-bond acceptors (Lipinski definition) is 3. The van der Waals surface area contributed by atoms with Crippen LogP contribution in [0.5, 0.6) is 0 Å². The number of hydrogen-bond donors (Lipinski definition) is 1. The van der Waals surface area contributed by atoms with Gasteiger partial charge in [0.15, 0.2) is 6.10 Å². The van der Waals surface area contributed by atoms with Crippen LogP contribution in [0.15, 0.2) is 28.9 Å². The molecule has 2 aromatic rings. The van der Waals surface area contributed by atoms with Crippen LogP contribution in [0.2, 0.25) is 0 Å². The number of imidazole rings is 1. The molecule has 4 nitrogen and oxygen atoms in total. The van der Waals surface area contributed by atoms with Gasteiger partial charge in [-0.15, -0.1) is 0 Å². The van der Waals surface area contributed by atoms with Crippen LogP contribution in [0, 0.1) is 0 Å². The third-order valence-corrected chi connectivity index (χ3v) is 2.76. The van der Waals surface area contributed by atoms with E-state index >= 15 is 0 Å². The van der Waals surface area contributed by atoms with Crippen LogP contribution in [0.1, 0.15) is 43.7 Å². The lowest BCUT2D eigenvalue weighted by atomic mass is 10.2. The first-order valence-corrected chi connectivity index (χ1v) is 6.04. The summed E-state index contributed by atoms with van der Waals surface area (Å²) in [6.45, 7) is 4.97. The molecule has 0 fully saturated rings. The second-order valence-electron chi connectivity index (χ2n) is 4.04. The topological polar surface area (TPSA) is 51.2 Å². The highest BCUT2D eigenvalue weighted by atomic mass is 16.4. The van der Waals surface area contributed by atoms with Crippen LogP contribution < -0.4 is 0 Å². The predicted octanol–water partition coefficient (Wildman–Crippen LogP) is 2.53. The fraction of sp³-hybridized carbons (Fsp3) is 0.462. The minimum Gasteiger partial charge on any atom is -0.463 e. The maximum Gasteiger partial charge on any atom is 0.169 e. The Morgan fingerprint density at radius 1 is 1.41 bits per heavy atom. The standard InChI is InChI=1S/C13H18N2O2/c1-3-8-15-9-7-14-13(15)12(16)11-6-5-10(4-2)17-11/h5-7,9,12,16H,3-4,8H2,1-2H3. The second kappa shape index (κ2) is 5.19. The molecule has 0 aliphatic rings. The Bertz CT molecular complexity index is 473. The zero-order chi connectivity index (χ0) is 12.3. The van der Waals surface area contributed by atoms with Crippen molar-refractivity contribution in [3.63, 3.8) is 0 Å². The quantitative estimate of drug-likeness (QED) is 0.864. The van der Waals surface area contributed by atoms with Gasteiger partial charge < -0.3 is 14.1 Å². The minimum absolute atomic E-state index is 0.561. The molecule has 92 valence electrons. The molecule has 2 heterocycles. The monoisotopic (exact) mass is 234 g/mol. The van der Waals surface area contributed by atoms with Crippen molar-refractivity contribution in [3.05, 3.63) is 41.9 Å². The van der Waals surface area contributed by atoms with Crippen LogP contribution in [0.4, 0.5) is 0 Å². The molecule has 0 spiro atoms. The Morgan fingerprint density at radius 2 is 2.24 bits per heavy atom. The van der Waals surface area contributed by atoms with Crippen molar-refractivity contribution in [1.29, 1.82) is 0 Å². The van der Waals surface area contributed by atoms with Crippen molar-refractivity contribution in [2.24, 2.45) is 0 Å². The summed E-state index contributed by atoms with van der Waals surface area (Å²) >= 11 is 0. The van der Waals surface area contributed by atoms with E-state index in [2.05, 4.69) is 11.9 Å². The van der Waals surface area contributed by atoms with Gasteiger partial charge in [0.05, 0.1) is 0 Å². The van der Waals surface area contributed by atoms with Gasteiger partial charge in [-0.2, -0.15) is 0 Å². The molecule has 1 N–H and O–H groups in total. The maximum atomic E-state index is 10.2. The molecule has 2 rings (SSSR count). The summed E-state index contributed by atoms with van der Waals surface area (Å²) in [6.07, 6.45) is 4.64. The smallest absolute Gasteiger partial charge is 0.169 e. The molecule has 0 aliphatic carbocycles. The molecule has 0 radical (unpaired) electrons. The number of aryl methyl sites for hydroxylation is 2. The summed E-state index contributed by atoms with van der Waals surface area (Å²) < 4.78 is 7.51. The molecule has 2 aromatic heterocycles. The molecule has 0 aromatic carbocycles. The van der Waals surface area contributed by atoms with E-state index in [1.54, 1.807) is 6.20 Å². The maximum absolute atomic E-state index is 10.2. The SMILES string of the molecule is CCCn1ccnc1C(O)c1ccc(CC)o1. The summed E-state index contributed by atoms with van der Waals surface area (Å²) in [5.41, 5.74) is 0. The van der Waals surface area contributed by atoms with E-state index in [1.165, 1.54) is 0 Å². The van der Waals surface area contributed by atoms with Gasteiger partial charge in [0, 0.05) is 25.4 Å². The molecule has 0 bridgehead atoms. The molecular formula is C13H18N2O2. The molecule has 0 saturated heterocycles. The fourth-order valence-corrected chi connectivity index (χ4v) is 1.86. The van der Waals surface area contributed by atoms with Gasteiger partial charge in [-0.1, -0.05) is 13.8 Å². The molecule has 1 unspecified atom stereocenters. The molecule has 0 aliphatic heterocycles. The molecule has 4 heteroatoms. The Morgan fingerprint density at radius 3 is 2.88 bits per heavy atom. The van der Waals surface area contributed by atoms with Gasteiger partial charge in [0.1, 0.15) is 17.3 Å². The van der Waals surface area contributed by atoms with Crippen LogP contribution in [-0.4, -0.2) is 14.7 Å². The van der Waals surface area contributed by atoms with E-state index in [9.17, 15) is 5.11 Å². The number of nitrogens with zero attached hydrogens (tertiary/aromatic N) is 2. The summed E-state index contributed by atoms with van der Waals surface area (Å²) in [4.78, 5) is 4.20. The molecular weight excluding hydrogens is 216 g/mol. The minimum atomic E-state index is -0.781. The van der Waals surface area contributed by atoms with Crippen molar-refractivity contribution >= 4 is 0 Å². The lowest BCUT2D eigenvalue weighted by Crippen LogP contribution is -2.09. The Labute approximate surface area is 101 Å². The van der Waals surface area contributed by atoms with Gasteiger partial charge in [-0.25, -0.2) is 4.98 Å². The zero-order valence-corrected chi connectivity index (χ0v) is 10.3.